The summed E-state index contributed by atoms with van der Waals surface area (Å²) in [5.41, 5.74) is 0. The number of likely N-dealkylation sites (N-methyl/N-ethyl adjacent to an activating group) is 1. The van der Waals surface area contributed by atoms with Gasteiger partial charge in [-0.25, -0.2) is 0 Å². The molecule has 0 aromatic heterocycles. The zero-order valence-electron chi connectivity index (χ0n) is 9.87. The van der Waals surface area contributed by atoms with Crippen LogP contribution in [0.2, 0.25) is 0 Å². The van der Waals surface area contributed by atoms with Gasteiger partial charge in [-0.3, -0.25) is 4.90 Å². The Labute approximate surface area is 88.3 Å². The number of hydrogen-bond acceptors (Lipinski definition) is 2. The molecule has 1 saturated carbocycles. The monoisotopic (exact) mass is 196 g/mol. The molecule has 1 aliphatic heterocycles. The van der Waals surface area contributed by atoms with Crippen molar-refractivity contribution < 1.29 is 0 Å². The van der Waals surface area contributed by atoms with Crippen LogP contribution in [0.25, 0.3) is 0 Å². The number of nitrogens with zero attached hydrogens (tertiary/aromatic N) is 2. The summed E-state index contributed by atoms with van der Waals surface area (Å²) >= 11 is 0. The van der Waals surface area contributed by atoms with Crippen LogP contribution in [0.15, 0.2) is 0 Å². The van der Waals surface area contributed by atoms with E-state index in [4.69, 9.17) is 0 Å². The van der Waals surface area contributed by atoms with Crippen molar-refractivity contribution in [2.75, 3.05) is 26.7 Å². The van der Waals surface area contributed by atoms with Gasteiger partial charge in [0.15, 0.2) is 0 Å². The van der Waals surface area contributed by atoms with Gasteiger partial charge >= 0.3 is 0 Å². The Morgan fingerprint density at radius 1 is 1.29 bits per heavy atom. The van der Waals surface area contributed by atoms with Crippen LogP contribution in [0.5, 0.6) is 0 Å². The Hall–Kier alpha value is -0.0800. The lowest BCUT2D eigenvalue weighted by Gasteiger charge is -2.26. The summed E-state index contributed by atoms with van der Waals surface area (Å²) in [6.07, 6.45) is 4.33. The van der Waals surface area contributed by atoms with E-state index >= 15 is 0 Å². The molecule has 0 amide bonds. The summed E-state index contributed by atoms with van der Waals surface area (Å²) in [7, 11) is 2.31. The van der Waals surface area contributed by atoms with E-state index in [-0.39, 0.29) is 0 Å². The first-order chi connectivity index (χ1) is 6.66. The lowest BCUT2D eigenvalue weighted by Crippen LogP contribution is -2.37. The normalized spacial score (nSPS) is 29.4. The third kappa shape index (κ3) is 2.48. The van der Waals surface area contributed by atoms with E-state index in [1.165, 1.54) is 38.9 Å². The fraction of sp³-hybridized carbons (Fsp3) is 1.00. The molecule has 0 spiro atoms. The zero-order valence-corrected chi connectivity index (χ0v) is 9.87. The predicted octanol–water partition coefficient (Wildman–Crippen LogP) is 1.81. The Morgan fingerprint density at radius 2 is 2.00 bits per heavy atom. The van der Waals surface area contributed by atoms with E-state index in [1.807, 2.05) is 0 Å². The maximum Gasteiger partial charge on any atom is 0.0232 e. The Kier molecular flexibility index (Phi) is 3.13. The number of rotatable bonds is 4. The van der Waals surface area contributed by atoms with Crippen molar-refractivity contribution in [3.63, 3.8) is 0 Å². The summed E-state index contributed by atoms with van der Waals surface area (Å²) in [5, 5.41) is 0. The van der Waals surface area contributed by atoms with Crippen LogP contribution in [0, 0.1) is 5.92 Å². The van der Waals surface area contributed by atoms with E-state index in [9.17, 15) is 0 Å². The molecule has 0 aromatic carbocycles. The van der Waals surface area contributed by atoms with E-state index in [2.05, 4.69) is 30.7 Å². The third-order valence-electron chi connectivity index (χ3n) is 3.79. The fourth-order valence-electron chi connectivity index (χ4n) is 2.45. The molecule has 2 fully saturated rings. The summed E-state index contributed by atoms with van der Waals surface area (Å²) in [6.45, 7) is 8.56. The van der Waals surface area contributed by atoms with Gasteiger partial charge in [-0.05, 0) is 46.1 Å². The van der Waals surface area contributed by atoms with Crippen molar-refractivity contribution >= 4 is 0 Å². The minimum atomic E-state index is 0.731. The molecule has 2 rings (SSSR count). The van der Waals surface area contributed by atoms with Crippen LogP contribution in [-0.2, 0) is 0 Å². The largest absolute Gasteiger partial charge is 0.302 e. The van der Waals surface area contributed by atoms with Crippen LogP contribution in [0.1, 0.15) is 33.1 Å². The molecule has 1 atom stereocenters. The molecule has 0 bridgehead atoms. The van der Waals surface area contributed by atoms with Crippen molar-refractivity contribution in [1.29, 1.82) is 0 Å². The maximum atomic E-state index is 2.61. The highest BCUT2D eigenvalue weighted by Crippen LogP contribution is 2.30. The second kappa shape index (κ2) is 4.19. The molecule has 2 nitrogen and oxygen atoms in total. The summed E-state index contributed by atoms with van der Waals surface area (Å²) in [6, 6.07) is 1.56. The van der Waals surface area contributed by atoms with Crippen LogP contribution in [0.3, 0.4) is 0 Å². The third-order valence-corrected chi connectivity index (χ3v) is 3.79. The Bertz CT molecular complexity index is 187. The lowest BCUT2D eigenvalue weighted by atomic mass is 10.2. The van der Waals surface area contributed by atoms with Crippen LogP contribution >= 0.6 is 0 Å². The molecule has 2 heteroatoms. The van der Waals surface area contributed by atoms with Gasteiger partial charge in [-0.1, -0.05) is 0 Å². The van der Waals surface area contributed by atoms with E-state index < -0.39 is 0 Å². The van der Waals surface area contributed by atoms with Gasteiger partial charge in [-0.2, -0.15) is 0 Å². The topological polar surface area (TPSA) is 6.48 Å². The van der Waals surface area contributed by atoms with Crippen LogP contribution in [0.4, 0.5) is 0 Å². The molecule has 14 heavy (non-hydrogen) atoms. The SMILES string of the molecule is CC(C)N1CC[C@@H](N(C)CC2CC2)C1. The first-order valence-electron chi connectivity index (χ1n) is 6.11. The molecule has 0 N–H and O–H groups in total. The van der Waals surface area contributed by atoms with Gasteiger partial charge < -0.3 is 4.90 Å². The second-order valence-corrected chi connectivity index (χ2v) is 5.41. The van der Waals surface area contributed by atoms with Crippen molar-refractivity contribution in [2.24, 2.45) is 5.92 Å². The fourth-order valence-corrected chi connectivity index (χ4v) is 2.45. The minimum absolute atomic E-state index is 0.731. The second-order valence-electron chi connectivity index (χ2n) is 5.41. The zero-order chi connectivity index (χ0) is 10.1. The van der Waals surface area contributed by atoms with E-state index in [0.717, 1.165) is 18.0 Å². The average molecular weight is 196 g/mol. The standard InChI is InChI=1S/C12H24N2/c1-10(2)14-7-6-12(9-14)13(3)8-11-4-5-11/h10-12H,4-9H2,1-3H3/t12-/m1/s1. The van der Waals surface area contributed by atoms with E-state index in [0.29, 0.717) is 0 Å². The quantitative estimate of drug-likeness (QED) is 0.676. The van der Waals surface area contributed by atoms with Gasteiger partial charge in [0, 0.05) is 31.7 Å². The van der Waals surface area contributed by atoms with Crippen LogP contribution < -0.4 is 0 Å². The predicted molar refractivity (Wildman–Crippen MR) is 60.5 cm³/mol. The molecular weight excluding hydrogens is 172 g/mol. The van der Waals surface area contributed by atoms with Crippen molar-refractivity contribution in [3.8, 4) is 0 Å². The van der Waals surface area contributed by atoms with Crippen LogP contribution in [-0.4, -0.2) is 48.6 Å². The molecule has 1 heterocycles. The molecule has 1 saturated heterocycles. The molecule has 2 aliphatic rings. The average Bonchev–Trinajstić information content (AvgIpc) is 2.81. The first kappa shape index (κ1) is 10.4. The van der Waals surface area contributed by atoms with Gasteiger partial charge in [0.1, 0.15) is 0 Å². The highest BCUT2D eigenvalue weighted by Gasteiger charge is 2.30. The van der Waals surface area contributed by atoms with Gasteiger partial charge in [0.05, 0.1) is 0 Å². The minimum Gasteiger partial charge on any atom is -0.302 e. The lowest BCUT2D eigenvalue weighted by molar-refractivity contribution is 0.208. The van der Waals surface area contributed by atoms with Gasteiger partial charge in [0.25, 0.3) is 0 Å². The van der Waals surface area contributed by atoms with Crippen molar-refractivity contribution in [2.45, 2.75) is 45.2 Å². The molecule has 0 aromatic rings. The van der Waals surface area contributed by atoms with Gasteiger partial charge in [-0.15, -0.1) is 0 Å². The highest BCUT2D eigenvalue weighted by molar-refractivity contribution is 4.86. The summed E-state index contributed by atoms with van der Waals surface area (Å²) in [4.78, 5) is 5.20. The molecule has 0 unspecified atom stereocenters. The Morgan fingerprint density at radius 3 is 2.50 bits per heavy atom. The molecule has 1 aliphatic carbocycles. The molecule has 0 radical (unpaired) electrons. The highest BCUT2D eigenvalue weighted by atomic mass is 15.3. The molecule has 82 valence electrons. The van der Waals surface area contributed by atoms with Crippen molar-refractivity contribution in [1.82, 2.24) is 9.80 Å². The number of hydrogen-bond donors (Lipinski definition) is 0. The first-order valence-corrected chi connectivity index (χ1v) is 6.11. The molecular formula is C12H24N2. The van der Waals surface area contributed by atoms with Gasteiger partial charge in [0.2, 0.25) is 0 Å². The van der Waals surface area contributed by atoms with E-state index in [1.54, 1.807) is 0 Å². The Balaban J connectivity index is 1.75. The summed E-state index contributed by atoms with van der Waals surface area (Å²) < 4.78 is 0. The van der Waals surface area contributed by atoms with Crippen molar-refractivity contribution in [3.05, 3.63) is 0 Å². The summed E-state index contributed by atoms with van der Waals surface area (Å²) in [5.74, 6) is 1.04. The number of likely N-dealkylation sites (tertiary alicyclic amines) is 1. The maximum absolute atomic E-state index is 2.61. The smallest absolute Gasteiger partial charge is 0.0232 e.